The second-order valence-corrected chi connectivity index (χ2v) is 4.97. The summed E-state index contributed by atoms with van der Waals surface area (Å²) in [6, 6.07) is 6.70. The maximum Gasteiger partial charge on any atom is 0.337 e. The molecule has 0 radical (unpaired) electrons. The van der Waals surface area contributed by atoms with Gasteiger partial charge >= 0.3 is 5.97 Å². The molecule has 0 aliphatic rings. The topological polar surface area (TPSA) is 67.4 Å². The van der Waals surface area contributed by atoms with Crippen molar-refractivity contribution >= 4 is 17.6 Å². The van der Waals surface area contributed by atoms with Crippen LogP contribution in [0.5, 0.6) is 0 Å². The number of methoxy groups -OCH3 is 1. The van der Waals surface area contributed by atoms with Gasteiger partial charge in [0, 0.05) is 18.7 Å². The molecule has 2 N–H and O–H groups in total. The average Bonchev–Trinajstić information content (AvgIpc) is 2.43. The molecule has 0 atom stereocenters. The second kappa shape index (κ2) is 8.32. The van der Waals surface area contributed by atoms with Gasteiger partial charge in [-0.25, -0.2) is 4.79 Å². The molecule has 1 aromatic carbocycles. The highest BCUT2D eigenvalue weighted by molar-refractivity contribution is 5.94. The van der Waals surface area contributed by atoms with Gasteiger partial charge in [-0.15, -0.1) is 0 Å². The number of rotatable bonds is 7. The van der Waals surface area contributed by atoms with Crippen molar-refractivity contribution in [1.82, 2.24) is 5.32 Å². The molecule has 0 aliphatic carbocycles. The Kier molecular flexibility index (Phi) is 6.73. The van der Waals surface area contributed by atoms with E-state index in [0.29, 0.717) is 30.1 Å². The highest BCUT2D eigenvalue weighted by Gasteiger charge is 2.07. The highest BCUT2D eigenvalue weighted by Crippen LogP contribution is 2.11. The van der Waals surface area contributed by atoms with Crippen molar-refractivity contribution in [2.75, 3.05) is 25.5 Å². The van der Waals surface area contributed by atoms with Gasteiger partial charge < -0.3 is 15.4 Å². The van der Waals surface area contributed by atoms with Crippen LogP contribution in [0, 0.1) is 5.92 Å². The number of nitrogens with one attached hydrogen (secondary N) is 2. The zero-order chi connectivity index (χ0) is 15.0. The van der Waals surface area contributed by atoms with Crippen LogP contribution in [0.15, 0.2) is 24.3 Å². The summed E-state index contributed by atoms with van der Waals surface area (Å²) < 4.78 is 4.64. The van der Waals surface area contributed by atoms with Crippen LogP contribution in [0.3, 0.4) is 0 Å². The van der Waals surface area contributed by atoms with Gasteiger partial charge in [-0.1, -0.05) is 19.9 Å². The normalized spacial score (nSPS) is 10.4. The van der Waals surface area contributed by atoms with Crippen LogP contribution in [-0.4, -0.2) is 32.1 Å². The Hall–Kier alpha value is -1.88. The lowest BCUT2D eigenvalue weighted by Crippen LogP contribution is -2.25. The SMILES string of the molecule is COC(=O)c1cccc(NC(=O)CCNCC(C)C)c1. The number of benzene rings is 1. The molecule has 0 unspecified atom stereocenters. The minimum atomic E-state index is -0.417. The Morgan fingerprint density at radius 3 is 2.70 bits per heavy atom. The Labute approximate surface area is 119 Å². The summed E-state index contributed by atoms with van der Waals surface area (Å²) in [6.45, 7) is 5.77. The first-order valence-electron chi connectivity index (χ1n) is 6.72. The average molecular weight is 278 g/mol. The van der Waals surface area contributed by atoms with Crippen LogP contribution in [0.4, 0.5) is 5.69 Å². The fourth-order valence-corrected chi connectivity index (χ4v) is 1.66. The van der Waals surface area contributed by atoms with Gasteiger partial charge in [-0.05, 0) is 30.7 Å². The zero-order valence-corrected chi connectivity index (χ0v) is 12.2. The van der Waals surface area contributed by atoms with E-state index in [1.54, 1.807) is 24.3 Å². The van der Waals surface area contributed by atoms with E-state index < -0.39 is 5.97 Å². The Morgan fingerprint density at radius 1 is 1.30 bits per heavy atom. The lowest BCUT2D eigenvalue weighted by molar-refractivity contribution is -0.116. The molecule has 0 saturated carbocycles. The van der Waals surface area contributed by atoms with E-state index in [-0.39, 0.29) is 5.91 Å². The molecule has 0 fully saturated rings. The summed E-state index contributed by atoms with van der Waals surface area (Å²) in [6.07, 6.45) is 0.398. The molecule has 1 rings (SSSR count). The first-order chi connectivity index (χ1) is 9.52. The summed E-state index contributed by atoms with van der Waals surface area (Å²) >= 11 is 0. The van der Waals surface area contributed by atoms with Crippen molar-refractivity contribution in [3.8, 4) is 0 Å². The largest absolute Gasteiger partial charge is 0.465 e. The van der Waals surface area contributed by atoms with Gasteiger partial charge in [0.05, 0.1) is 12.7 Å². The van der Waals surface area contributed by atoms with Gasteiger partial charge in [-0.3, -0.25) is 4.79 Å². The molecule has 0 saturated heterocycles. The number of esters is 1. The zero-order valence-electron chi connectivity index (χ0n) is 12.2. The van der Waals surface area contributed by atoms with Crippen molar-refractivity contribution in [2.45, 2.75) is 20.3 Å². The number of ether oxygens (including phenoxy) is 1. The quantitative estimate of drug-likeness (QED) is 0.591. The first kappa shape index (κ1) is 16.2. The Balaban J connectivity index is 2.43. The molecule has 0 aliphatic heterocycles. The van der Waals surface area contributed by atoms with Crippen molar-refractivity contribution in [3.05, 3.63) is 29.8 Å². The fourth-order valence-electron chi connectivity index (χ4n) is 1.66. The van der Waals surface area contributed by atoms with Crippen molar-refractivity contribution < 1.29 is 14.3 Å². The number of carbonyl (C=O) groups excluding carboxylic acids is 2. The van der Waals surface area contributed by atoms with E-state index in [2.05, 4.69) is 29.2 Å². The standard InChI is InChI=1S/C15H22N2O3/c1-11(2)10-16-8-7-14(18)17-13-6-4-5-12(9-13)15(19)20-3/h4-6,9,11,16H,7-8,10H2,1-3H3,(H,17,18). The molecule has 1 amide bonds. The number of amides is 1. The van der Waals surface area contributed by atoms with E-state index in [0.717, 1.165) is 6.54 Å². The van der Waals surface area contributed by atoms with Gasteiger partial charge in [0.2, 0.25) is 5.91 Å². The summed E-state index contributed by atoms with van der Waals surface area (Å²) in [5.41, 5.74) is 1.02. The van der Waals surface area contributed by atoms with Gasteiger partial charge in [0.1, 0.15) is 0 Å². The minimum absolute atomic E-state index is 0.0803. The lowest BCUT2D eigenvalue weighted by atomic mass is 10.2. The predicted octanol–water partition coefficient (Wildman–Crippen LogP) is 2.05. The molecule has 0 heterocycles. The third-order valence-corrected chi connectivity index (χ3v) is 2.65. The molecule has 5 heteroatoms. The van der Waals surface area contributed by atoms with E-state index in [1.807, 2.05) is 0 Å². The summed E-state index contributed by atoms with van der Waals surface area (Å²) in [5.74, 6) is 0.0674. The second-order valence-electron chi connectivity index (χ2n) is 4.97. The third-order valence-electron chi connectivity index (χ3n) is 2.65. The summed E-state index contributed by atoms with van der Waals surface area (Å²) in [4.78, 5) is 23.1. The van der Waals surface area contributed by atoms with E-state index in [4.69, 9.17) is 0 Å². The maximum atomic E-state index is 11.7. The van der Waals surface area contributed by atoms with Crippen LogP contribution in [0.2, 0.25) is 0 Å². The molecule has 5 nitrogen and oxygen atoms in total. The summed E-state index contributed by atoms with van der Waals surface area (Å²) in [7, 11) is 1.33. The highest BCUT2D eigenvalue weighted by atomic mass is 16.5. The summed E-state index contributed by atoms with van der Waals surface area (Å²) in [5, 5.41) is 5.97. The predicted molar refractivity (Wildman–Crippen MR) is 78.7 cm³/mol. The monoisotopic (exact) mass is 278 g/mol. The molecular weight excluding hydrogens is 256 g/mol. The molecule has 0 bridgehead atoms. The molecule has 0 spiro atoms. The molecular formula is C15H22N2O3. The van der Waals surface area contributed by atoms with E-state index in [9.17, 15) is 9.59 Å². The fraction of sp³-hybridized carbons (Fsp3) is 0.467. The molecule has 0 aromatic heterocycles. The maximum absolute atomic E-state index is 11.7. The van der Waals surface area contributed by atoms with Crippen molar-refractivity contribution in [1.29, 1.82) is 0 Å². The number of hydrogen-bond donors (Lipinski definition) is 2. The van der Waals surface area contributed by atoms with Gasteiger partial charge in [0.25, 0.3) is 0 Å². The van der Waals surface area contributed by atoms with Crippen LogP contribution in [0.1, 0.15) is 30.6 Å². The minimum Gasteiger partial charge on any atom is -0.465 e. The van der Waals surface area contributed by atoms with Gasteiger partial charge in [-0.2, -0.15) is 0 Å². The van der Waals surface area contributed by atoms with Crippen molar-refractivity contribution in [2.24, 2.45) is 5.92 Å². The van der Waals surface area contributed by atoms with Crippen LogP contribution >= 0.6 is 0 Å². The van der Waals surface area contributed by atoms with Crippen LogP contribution < -0.4 is 10.6 Å². The number of carbonyl (C=O) groups is 2. The van der Waals surface area contributed by atoms with Gasteiger partial charge in [0.15, 0.2) is 0 Å². The van der Waals surface area contributed by atoms with Crippen LogP contribution in [-0.2, 0) is 9.53 Å². The first-order valence-corrected chi connectivity index (χ1v) is 6.72. The van der Waals surface area contributed by atoms with Crippen LogP contribution in [0.25, 0.3) is 0 Å². The molecule has 20 heavy (non-hydrogen) atoms. The Morgan fingerprint density at radius 2 is 2.05 bits per heavy atom. The smallest absolute Gasteiger partial charge is 0.337 e. The van der Waals surface area contributed by atoms with E-state index >= 15 is 0 Å². The molecule has 1 aromatic rings. The Bertz CT molecular complexity index is 458. The molecule has 110 valence electrons. The third kappa shape index (κ3) is 5.84. The lowest BCUT2D eigenvalue weighted by Gasteiger charge is -2.08. The number of hydrogen-bond acceptors (Lipinski definition) is 4. The van der Waals surface area contributed by atoms with Crippen molar-refractivity contribution in [3.63, 3.8) is 0 Å². The number of anilines is 1. The van der Waals surface area contributed by atoms with E-state index in [1.165, 1.54) is 7.11 Å².